The average molecular weight is 398 g/mol. The van der Waals surface area contributed by atoms with E-state index in [-0.39, 0.29) is 34.5 Å². The summed E-state index contributed by atoms with van der Waals surface area (Å²) in [6.45, 7) is -0.0475. The maximum absolute atomic E-state index is 12.2. The van der Waals surface area contributed by atoms with E-state index in [4.69, 9.17) is 28.5 Å². The van der Waals surface area contributed by atoms with Gasteiger partial charge in [-0.3, -0.25) is 5.41 Å². The SMILES string of the molecule is N=C(N)c1ccc(NCC(O)CNS(=O)(=O)c2ccc(Cl)c(N)c2)cc1. The Morgan fingerprint density at radius 3 is 2.42 bits per heavy atom. The van der Waals surface area contributed by atoms with Gasteiger partial charge in [-0.15, -0.1) is 0 Å². The van der Waals surface area contributed by atoms with E-state index in [0.29, 0.717) is 11.3 Å². The van der Waals surface area contributed by atoms with E-state index in [1.165, 1.54) is 18.2 Å². The third-order valence-corrected chi connectivity index (χ3v) is 5.29. The van der Waals surface area contributed by atoms with E-state index in [9.17, 15) is 13.5 Å². The standard InChI is InChI=1S/C16H20ClN5O3S/c17-14-6-5-13(7-15(14)18)26(24,25)22-9-12(23)8-21-11-3-1-10(2-4-11)16(19)20/h1-7,12,21-23H,8-9,18H2,(H3,19,20). The number of halogens is 1. The number of nitrogens with two attached hydrogens (primary N) is 2. The van der Waals surface area contributed by atoms with Crippen molar-refractivity contribution in [2.75, 3.05) is 24.1 Å². The first kappa shape index (κ1) is 20.0. The number of benzene rings is 2. The van der Waals surface area contributed by atoms with Gasteiger partial charge in [0.05, 0.1) is 21.7 Å². The zero-order chi connectivity index (χ0) is 19.3. The summed E-state index contributed by atoms with van der Waals surface area (Å²) in [5, 5.41) is 20.5. The molecule has 2 aromatic carbocycles. The molecule has 0 aliphatic carbocycles. The van der Waals surface area contributed by atoms with Crippen LogP contribution in [0.15, 0.2) is 47.4 Å². The van der Waals surface area contributed by atoms with Crippen LogP contribution >= 0.6 is 11.6 Å². The summed E-state index contributed by atoms with van der Waals surface area (Å²) in [5.74, 6) is -0.0335. The van der Waals surface area contributed by atoms with Gasteiger partial charge < -0.3 is 21.9 Å². The molecule has 8 nitrogen and oxygen atoms in total. The van der Waals surface area contributed by atoms with Gasteiger partial charge in [0.2, 0.25) is 10.0 Å². The van der Waals surface area contributed by atoms with E-state index in [0.717, 1.165) is 0 Å². The van der Waals surface area contributed by atoms with Gasteiger partial charge in [-0.1, -0.05) is 11.6 Å². The van der Waals surface area contributed by atoms with Crippen LogP contribution in [0.1, 0.15) is 5.56 Å². The maximum Gasteiger partial charge on any atom is 0.240 e. The molecule has 0 spiro atoms. The second-order valence-electron chi connectivity index (χ2n) is 5.56. The fourth-order valence-electron chi connectivity index (χ4n) is 2.05. The monoisotopic (exact) mass is 397 g/mol. The van der Waals surface area contributed by atoms with Crippen LogP contribution in [-0.4, -0.2) is 38.6 Å². The van der Waals surface area contributed by atoms with E-state index < -0.39 is 16.1 Å². The van der Waals surface area contributed by atoms with Crippen molar-refractivity contribution in [3.05, 3.63) is 53.1 Å². The number of sulfonamides is 1. The highest BCUT2D eigenvalue weighted by Gasteiger charge is 2.17. The van der Waals surface area contributed by atoms with Gasteiger partial charge in [-0.25, -0.2) is 13.1 Å². The summed E-state index contributed by atoms with van der Waals surface area (Å²) in [6.07, 6.45) is -0.957. The summed E-state index contributed by atoms with van der Waals surface area (Å²) in [5.41, 5.74) is 12.4. The van der Waals surface area contributed by atoms with Crippen molar-refractivity contribution < 1.29 is 13.5 Å². The summed E-state index contributed by atoms with van der Waals surface area (Å²) in [4.78, 5) is -0.0284. The topological polar surface area (TPSA) is 154 Å². The normalized spacial score (nSPS) is 12.5. The van der Waals surface area contributed by atoms with Crippen molar-refractivity contribution in [2.45, 2.75) is 11.0 Å². The highest BCUT2D eigenvalue weighted by Crippen LogP contribution is 2.22. The molecule has 0 heterocycles. The van der Waals surface area contributed by atoms with E-state index in [2.05, 4.69) is 10.0 Å². The fourth-order valence-corrected chi connectivity index (χ4v) is 3.28. The number of rotatable bonds is 8. The fraction of sp³-hybridized carbons (Fsp3) is 0.188. The molecule has 1 atom stereocenters. The number of amidine groups is 1. The molecule has 2 aromatic rings. The van der Waals surface area contributed by atoms with Crippen molar-refractivity contribution in [3.63, 3.8) is 0 Å². The van der Waals surface area contributed by atoms with Crippen molar-refractivity contribution in [1.82, 2.24) is 4.72 Å². The molecule has 0 radical (unpaired) electrons. The Labute approximate surface area is 156 Å². The van der Waals surface area contributed by atoms with Crippen LogP contribution in [0, 0.1) is 5.41 Å². The minimum absolute atomic E-state index is 0.0284. The van der Waals surface area contributed by atoms with Gasteiger partial charge in [-0.05, 0) is 42.5 Å². The zero-order valence-electron chi connectivity index (χ0n) is 13.7. The molecule has 10 heteroatoms. The first-order valence-electron chi connectivity index (χ1n) is 7.60. The smallest absolute Gasteiger partial charge is 0.240 e. The molecule has 0 saturated heterocycles. The molecule has 0 amide bonds. The minimum Gasteiger partial charge on any atom is -0.397 e. The molecule has 0 aromatic heterocycles. The maximum atomic E-state index is 12.2. The Kier molecular flexibility index (Phi) is 6.43. The van der Waals surface area contributed by atoms with Crippen LogP contribution in [0.2, 0.25) is 5.02 Å². The number of nitrogens with one attached hydrogen (secondary N) is 3. The molecule has 0 aliphatic heterocycles. The molecule has 140 valence electrons. The molecule has 2 rings (SSSR count). The predicted molar refractivity (Wildman–Crippen MR) is 103 cm³/mol. The molecule has 8 N–H and O–H groups in total. The lowest BCUT2D eigenvalue weighted by Gasteiger charge is -2.14. The lowest BCUT2D eigenvalue weighted by Crippen LogP contribution is -2.35. The number of aliphatic hydroxyl groups excluding tert-OH is 1. The minimum atomic E-state index is -3.81. The lowest BCUT2D eigenvalue weighted by molar-refractivity contribution is 0.191. The van der Waals surface area contributed by atoms with Crippen molar-refractivity contribution >= 4 is 38.8 Å². The van der Waals surface area contributed by atoms with Crippen LogP contribution in [0.4, 0.5) is 11.4 Å². The average Bonchev–Trinajstić information content (AvgIpc) is 2.60. The van der Waals surface area contributed by atoms with Gasteiger partial charge >= 0.3 is 0 Å². The van der Waals surface area contributed by atoms with Crippen LogP contribution in [0.5, 0.6) is 0 Å². The molecule has 0 aliphatic rings. The highest BCUT2D eigenvalue weighted by molar-refractivity contribution is 7.89. The van der Waals surface area contributed by atoms with Crippen molar-refractivity contribution in [3.8, 4) is 0 Å². The number of anilines is 2. The third-order valence-electron chi connectivity index (χ3n) is 3.52. The Morgan fingerprint density at radius 1 is 1.19 bits per heavy atom. The van der Waals surface area contributed by atoms with Crippen LogP contribution in [0.3, 0.4) is 0 Å². The van der Waals surface area contributed by atoms with Gasteiger partial charge in [0, 0.05) is 24.3 Å². The van der Waals surface area contributed by atoms with Crippen molar-refractivity contribution in [2.24, 2.45) is 5.73 Å². The summed E-state index contributed by atoms with van der Waals surface area (Å²) in [6, 6.07) is 10.8. The molecular weight excluding hydrogens is 378 g/mol. The van der Waals surface area contributed by atoms with Gasteiger partial charge in [0.15, 0.2) is 0 Å². The number of aliphatic hydroxyl groups is 1. The largest absolute Gasteiger partial charge is 0.397 e. The molecule has 1 unspecified atom stereocenters. The molecule has 26 heavy (non-hydrogen) atoms. The number of nitrogen functional groups attached to an aromatic ring is 2. The second-order valence-corrected chi connectivity index (χ2v) is 7.74. The zero-order valence-corrected chi connectivity index (χ0v) is 15.3. The molecule has 0 fully saturated rings. The summed E-state index contributed by atoms with van der Waals surface area (Å²) < 4.78 is 26.7. The van der Waals surface area contributed by atoms with Crippen LogP contribution < -0.4 is 21.5 Å². The first-order valence-corrected chi connectivity index (χ1v) is 9.46. The van der Waals surface area contributed by atoms with Crippen LogP contribution in [0.25, 0.3) is 0 Å². The number of hydrogen-bond donors (Lipinski definition) is 6. The Balaban J connectivity index is 1.88. The third kappa shape index (κ3) is 5.33. The van der Waals surface area contributed by atoms with Gasteiger partial charge in [0.25, 0.3) is 0 Å². The Bertz CT molecular complexity index is 887. The number of hydrogen-bond acceptors (Lipinski definition) is 6. The summed E-state index contributed by atoms with van der Waals surface area (Å²) >= 11 is 5.78. The first-order chi connectivity index (χ1) is 12.2. The quantitative estimate of drug-likeness (QED) is 0.221. The Hall–Kier alpha value is -2.33. The van der Waals surface area contributed by atoms with E-state index in [1.807, 2.05) is 0 Å². The van der Waals surface area contributed by atoms with Gasteiger partial charge in [-0.2, -0.15) is 0 Å². The summed E-state index contributed by atoms with van der Waals surface area (Å²) in [7, 11) is -3.81. The van der Waals surface area contributed by atoms with E-state index in [1.54, 1.807) is 24.3 Å². The molecular formula is C16H20ClN5O3S. The second kappa shape index (κ2) is 8.37. The lowest BCUT2D eigenvalue weighted by atomic mass is 10.2. The van der Waals surface area contributed by atoms with Crippen LogP contribution in [-0.2, 0) is 10.0 Å². The van der Waals surface area contributed by atoms with E-state index >= 15 is 0 Å². The van der Waals surface area contributed by atoms with Gasteiger partial charge in [0.1, 0.15) is 5.84 Å². The Morgan fingerprint density at radius 2 is 1.85 bits per heavy atom. The van der Waals surface area contributed by atoms with Crippen molar-refractivity contribution in [1.29, 1.82) is 5.41 Å². The predicted octanol–water partition coefficient (Wildman–Crippen LogP) is 0.958. The highest BCUT2D eigenvalue weighted by atomic mass is 35.5. The molecule has 0 saturated carbocycles. The molecule has 0 bridgehead atoms.